The first-order chi connectivity index (χ1) is 13.2. The molecular weight excluding hydrogens is 370 g/mol. The van der Waals surface area contributed by atoms with Crippen molar-refractivity contribution in [1.82, 2.24) is 0 Å². The number of carbonyl (C=O) groups is 3. The summed E-state index contributed by atoms with van der Waals surface area (Å²) in [6.45, 7) is 1.32. The van der Waals surface area contributed by atoms with E-state index in [1.54, 1.807) is 0 Å². The predicted molar refractivity (Wildman–Crippen MR) is 99.7 cm³/mol. The van der Waals surface area contributed by atoms with Crippen LogP contribution in [-0.2, 0) is 9.53 Å². The SMILES string of the molecule is COC(=O)c1cc(C(=O)Nc2ccc(OC)c(NC(C)=O)c2)cc([N+](=O)[O-])c1. The van der Waals surface area contributed by atoms with Gasteiger partial charge in [0.25, 0.3) is 11.6 Å². The number of amides is 2. The number of esters is 1. The van der Waals surface area contributed by atoms with Crippen LogP contribution in [0.2, 0.25) is 0 Å². The number of ether oxygens (including phenoxy) is 2. The van der Waals surface area contributed by atoms with Crippen LogP contribution in [-0.4, -0.2) is 36.9 Å². The third-order valence-corrected chi connectivity index (χ3v) is 3.58. The van der Waals surface area contributed by atoms with Crippen LogP contribution in [0.5, 0.6) is 5.75 Å². The number of anilines is 2. The van der Waals surface area contributed by atoms with Gasteiger partial charge >= 0.3 is 5.97 Å². The normalized spacial score (nSPS) is 9.96. The van der Waals surface area contributed by atoms with Gasteiger partial charge in [0.1, 0.15) is 5.75 Å². The van der Waals surface area contributed by atoms with E-state index in [4.69, 9.17) is 4.74 Å². The molecular formula is C18H17N3O7. The Bertz CT molecular complexity index is 956. The van der Waals surface area contributed by atoms with E-state index in [0.29, 0.717) is 17.1 Å². The summed E-state index contributed by atoms with van der Waals surface area (Å²) in [5.41, 5.74) is -0.0218. The summed E-state index contributed by atoms with van der Waals surface area (Å²) in [6.07, 6.45) is 0. The summed E-state index contributed by atoms with van der Waals surface area (Å²) in [7, 11) is 2.55. The Morgan fingerprint density at radius 3 is 2.25 bits per heavy atom. The van der Waals surface area contributed by atoms with Crippen LogP contribution in [0.15, 0.2) is 36.4 Å². The molecule has 0 fully saturated rings. The minimum absolute atomic E-state index is 0.105. The summed E-state index contributed by atoms with van der Waals surface area (Å²) in [4.78, 5) is 45.9. The molecule has 0 heterocycles. The van der Waals surface area contributed by atoms with Gasteiger partial charge in [-0.1, -0.05) is 0 Å². The first-order valence-corrected chi connectivity index (χ1v) is 7.90. The number of hydrogen-bond donors (Lipinski definition) is 2. The number of nitrogens with one attached hydrogen (secondary N) is 2. The molecule has 0 radical (unpaired) electrons. The minimum Gasteiger partial charge on any atom is -0.495 e. The Morgan fingerprint density at radius 2 is 1.68 bits per heavy atom. The molecule has 2 rings (SSSR count). The predicted octanol–water partition coefficient (Wildman–Crippen LogP) is 2.60. The van der Waals surface area contributed by atoms with Crippen LogP contribution in [0.25, 0.3) is 0 Å². The highest BCUT2D eigenvalue weighted by atomic mass is 16.6. The van der Waals surface area contributed by atoms with Gasteiger partial charge in [0, 0.05) is 30.3 Å². The number of non-ortho nitro benzene ring substituents is 1. The van der Waals surface area contributed by atoms with Gasteiger partial charge in [0.15, 0.2) is 0 Å². The van der Waals surface area contributed by atoms with Gasteiger partial charge in [-0.25, -0.2) is 4.79 Å². The number of nitro benzene ring substituents is 1. The fraction of sp³-hybridized carbons (Fsp3) is 0.167. The van der Waals surface area contributed by atoms with Crippen molar-refractivity contribution in [2.45, 2.75) is 6.92 Å². The second-order valence-corrected chi connectivity index (χ2v) is 5.57. The second kappa shape index (κ2) is 8.62. The molecule has 28 heavy (non-hydrogen) atoms. The van der Waals surface area contributed by atoms with E-state index in [0.717, 1.165) is 19.2 Å². The monoisotopic (exact) mass is 387 g/mol. The molecule has 0 saturated carbocycles. The summed E-state index contributed by atoms with van der Waals surface area (Å²) >= 11 is 0. The van der Waals surface area contributed by atoms with Crippen molar-refractivity contribution in [2.24, 2.45) is 0 Å². The topological polar surface area (TPSA) is 137 Å². The highest BCUT2D eigenvalue weighted by Crippen LogP contribution is 2.28. The number of benzene rings is 2. The van der Waals surface area contributed by atoms with E-state index >= 15 is 0 Å². The Kier molecular flexibility index (Phi) is 6.27. The van der Waals surface area contributed by atoms with Crippen LogP contribution >= 0.6 is 0 Å². The van der Waals surface area contributed by atoms with Gasteiger partial charge in [-0.15, -0.1) is 0 Å². The molecule has 0 aliphatic carbocycles. The zero-order valence-electron chi connectivity index (χ0n) is 15.3. The number of carbonyl (C=O) groups excluding carboxylic acids is 3. The molecule has 2 N–H and O–H groups in total. The molecule has 0 aliphatic rings. The molecule has 0 unspecified atom stereocenters. The molecule has 0 saturated heterocycles. The van der Waals surface area contributed by atoms with Gasteiger partial charge in [-0.2, -0.15) is 0 Å². The zero-order chi connectivity index (χ0) is 20.8. The lowest BCUT2D eigenvalue weighted by Gasteiger charge is -2.12. The standard InChI is InChI=1S/C18H17N3O7/c1-10(22)19-15-9-13(4-5-16(15)27-2)20-17(23)11-6-12(18(24)28-3)8-14(7-11)21(25)26/h4-9H,1-3H3,(H,19,22)(H,20,23). The molecule has 0 bridgehead atoms. The maximum Gasteiger partial charge on any atom is 0.338 e. The van der Waals surface area contributed by atoms with Gasteiger partial charge < -0.3 is 20.1 Å². The average Bonchev–Trinajstić information content (AvgIpc) is 2.66. The van der Waals surface area contributed by atoms with E-state index in [2.05, 4.69) is 15.4 Å². The van der Waals surface area contributed by atoms with Gasteiger partial charge in [0.2, 0.25) is 5.91 Å². The summed E-state index contributed by atoms with van der Waals surface area (Å²) in [6, 6.07) is 7.78. The number of hydrogen-bond acceptors (Lipinski definition) is 7. The van der Waals surface area contributed by atoms with E-state index in [-0.39, 0.29) is 17.0 Å². The molecule has 0 aromatic heterocycles. The quantitative estimate of drug-likeness (QED) is 0.441. The Hall–Kier alpha value is -3.95. The average molecular weight is 387 g/mol. The Labute approximate surface area is 159 Å². The van der Waals surface area contributed by atoms with Gasteiger partial charge in [-0.3, -0.25) is 19.7 Å². The van der Waals surface area contributed by atoms with E-state index in [1.807, 2.05) is 0 Å². The lowest BCUT2D eigenvalue weighted by molar-refractivity contribution is -0.384. The van der Waals surface area contributed by atoms with Crippen molar-refractivity contribution in [3.63, 3.8) is 0 Å². The molecule has 2 aromatic carbocycles. The van der Waals surface area contributed by atoms with Crippen LogP contribution < -0.4 is 15.4 Å². The lowest BCUT2D eigenvalue weighted by atomic mass is 10.1. The van der Waals surface area contributed by atoms with Crippen molar-refractivity contribution in [3.05, 3.63) is 57.6 Å². The number of nitrogens with zero attached hydrogens (tertiary/aromatic N) is 1. The molecule has 10 heteroatoms. The molecule has 146 valence electrons. The first kappa shape index (κ1) is 20.4. The Balaban J connectivity index is 2.36. The molecule has 0 aliphatic heterocycles. The Morgan fingerprint density at radius 1 is 1.00 bits per heavy atom. The number of nitro groups is 1. The van der Waals surface area contributed by atoms with Crippen molar-refractivity contribution < 1.29 is 28.8 Å². The zero-order valence-corrected chi connectivity index (χ0v) is 15.3. The van der Waals surface area contributed by atoms with Gasteiger partial charge in [-0.05, 0) is 24.3 Å². The van der Waals surface area contributed by atoms with Crippen LogP contribution in [0, 0.1) is 10.1 Å². The molecule has 0 atom stereocenters. The number of methoxy groups -OCH3 is 2. The van der Waals surface area contributed by atoms with Crippen molar-refractivity contribution in [3.8, 4) is 5.75 Å². The molecule has 10 nitrogen and oxygen atoms in total. The molecule has 2 amide bonds. The molecule has 0 spiro atoms. The highest BCUT2D eigenvalue weighted by Gasteiger charge is 2.19. The maximum absolute atomic E-state index is 12.5. The third kappa shape index (κ3) is 4.81. The van der Waals surface area contributed by atoms with Crippen molar-refractivity contribution in [1.29, 1.82) is 0 Å². The smallest absolute Gasteiger partial charge is 0.338 e. The van der Waals surface area contributed by atoms with Crippen molar-refractivity contribution in [2.75, 3.05) is 24.9 Å². The summed E-state index contributed by atoms with van der Waals surface area (Å²) in [5.74, 6) is -1.44. The minimum atomic E-state index is -0.810. The van der Waals surface area contributed by atoms with Crippen LogP contribution in [0.4, 0.5) is 17.1 Å². The second-order valence-electron chi connectivity index (χ2n) is 5.57. The molecule has 2 aromatic rings. The summed E-state index contributed by atoms with van der Waals surface area (Å²) < 4.78 is 9.69. The van der Waals surface area contributed by atoms with Crippen molar-refractivity contribution >= 4 is 34.8 Å². The fourth-order valence-electron chi connectivity index (χ4n) is 2.36. The van der Waals surface area contributed by atoms with Crippen LogP contribution in [0.3, 0.4) is 0 Å². The van der Waals surface area contributed by atoms with Gasteiger partial charge in [0.05, 0.1) is 30.4 Å². The highest BCUT2D eigenvalue weighted by molar-refractivity contribution is 6.06. The fourth-order valence-corrected chi connectivity index (χ4v) is 2.36. The van der Waals surface area contributed by atoms with E-state index < -0.39 is 22.5 Å². The third-order valence-electron chi connectivity index (χ3n) is 3.58. The number of rotatable bonds is 6. The van der Waals surface area contributed by atoms with E-state index in [1.165, 1.54) is 38.3 Å². The largest absolute Gasteiger partial charge is 0.495 e. The first-order valence-electron chi connectivity index (χ1n) is 7.90. The lowest BCUT2D eigenvalue weighted by Crippen LogP contribution is -2.14. The maximum atomic E-state index is 12.5. The van der Waals surface area contributed by atoms with E-state index in [9.17, 15) is 24.5 Å². The summed E-state index contributed by atoms with van der Waals surface area (Å²) in [5, 5.41) is 16.2. The van der Waals surface area contributed by atoms with Crippen LogP contribution in [0.1, 0.15) is 27.6 Å².